The van der Waals surface area contributed by atoms with E-state index in [2.05, 4.69) is 0 Å². The van der Waals surface area contributed by atoms with Crippen LogP contribution < -0.4 is 0 Å². The van der Waals surface area contributed by atoms with Crippen molar-refractivity contribution in [2.45, 2.75) is 6.42 Å². The molecule has 4 rings (SSSR count). The van der Waals surface area contributed by atoms with Gasteiger partial charge in [-0.3, -0.25) is 0 Å². The van der Waals surface area contributed by atoms with Crippen molar-refractivity contribution in [3.8, 4) is 11.5 Å². The lowest BCUT2D eigenvalue weighted by Crippen LogP contribution is -2.04. The molecule has 0 unspecified atom stereocenters. The molecule has 0 spiro atoms. The second-order valence-corrected chi connectivity index (χ2v) is 7.23. The minimum atomic E-state index is -1.25. The summed E-state index contributed by atoms with van der Waals surface area (Å²) >= 11 is 1.46. The highest BCUT2D eigenvalue weighted by molar-refractivity contribution is 14.1. The van der Waals surface area contributed by atoms with E-state index in [0.717, 1.165) is 0 Å². The van der Waals surface area contributed by atoms with E-state index >= 15 is 0 Å². The molecule has 0 radical (unpaired) electrons. The Labute approximate surface area is 185 Å². The van der Waals surface area contributed by atoms with Gasteiger partial charge in [-0.05, 0) is 33.7 Å². The fourth-order valence-electron chi connectivity index (χ4n) is 3.72. The molecule has 0 atom stereocenters. The predicted molar refractivity (Wildman–Crippen MR) is 120 cm³/mol. The van der Waals surface area contributed by atoms with Crippen molar-refractivity contribution in [1.82, 2.24) is 0 Å². The number of aromatic carboxylic acids is 1. The van der Waals surface area contributed by atoms with Crippen molar-refractivity contribution < 1.29 is 28.0 Å². The number of phenolic OH excluding ortho intramolecular Hbond substituents is 1. The van der Waals surface area contributed by atoms with Gasteiger partial charge in [0.05, 0.1) is 0 Å². The molecule has 0 heterocycles. The molecule has 0 saturated carbocycles. The Morgan fingerprint density at radius 2 is 1.27 bits per heavy atom. The van der Waals surface area contributed by atoms with E-state index in [1.54, 1.807) is 54.6 Å². The lowest BCUT2D eigenvalue weighted by molar-refractivity contribution is 0.0692. The van der Waals surface area contributed by atoms with Crippen molar-refractivity contribution in [2.24, 2.45) is 0 Å². The molecule has 7 heteroatoms. The number of phenols is 2. The maximum absolute atomic E-state index is 12.2. The fraction of sp³-hybridized carbons (Fsp3) is 0.0435. The second kappa shape index (κ2) is 7.83. The van der Waals surface area contributed by atoms with Crippen LogP contribution in [0.25, 0.3) is 21.5 Å². The van der Waals surface area contributed by atoms with Crippen LogP contribution in [0.3, 0.4) is 0 Å². The minimum Gasteiger partial charge on any atom is -0.507 e. The van der Waals surface area contributed by atoms with Crippen LogP contribution in [0, 0.1) is 0 Å². The molecule has 30 heavy (non-hydrogen) atoms. The molecule has 0 aliphatic heterocycles. The third-order valence-electron chi connectivity index (χ3n) is 5.13. The molecule has 0 aliphatic rings. The summed E-state index contributed by atoms with van der Waals surface area (Å²) in [6.45, 7) is 0. The zero-order valence-electron chi connectivity index (χ0n) is 15.4. The smallest absolute Gasteiger partial charge is 0.351 e. The summed E-state index contributed by atoms with van der Waals surface area (Å²) in [7, 11) is 0. The second-order valence-electron chi connectivity index (χ2n) is 6.79. The average molecular weight is 514 g/mol. The molecular weight excluding hydrogens is 499 g/mol. The SMILES string of the molecule is O=C(O)c1cc2ccccc2c(Cc2c(O)c(C(=O)OI)cc3ccccc23)c1O. The van der Waals surface area contributed by atoms with Crippen molar-refractivity contribution >= 4 is 56.5 Å². The zero-order valence-corrected chi connectivity index (χ0v) is 17.6. The van der Waals surface area contributed by atoms with Gasteiger partial charge in [-0.25, -0.2) is 9.59 Å². The summed E-state index contributed by atoms with van der Waals surface area (Å²) < 4.78 is 4.76. The van der Waals surface area contributed by atoms with Gasteiger partial charge in [0.15, 0.2) is 23.0 Å². The molecule has 6 nitrogen and oxygen atoms in total. The van der Waals surface area contributed by atoms with Gasteiger partial charge in [-0.2, -0.15) is 0 Å². The van der Waals surface area contributed by atoms with E-state index in [1.807, 2.05) is 0 Å². The largest absolute Gasteiger partial charge is 0.507 e. The predicted octanol–water partition coefficient (Wildman–Crippen LogP) is 5.20. The molecule has 0 amide bonds. The summed E-state index contributed by atoms with van der Waals surface area (Å²) in [4.78, 5) is 23.8. The highest BCUT2D eigenvalue weighted by Crippen LogP contribution is 2.39. The highest BCUT2D eigenvalue weighted by Gasteiger charge is 2.23. The number of benzene rings is 4. The maximum atomic E-state index is 12.2. The summed E-state index contributed by atoms with van der Waals surface area (Å²) in [6, 6.07) is 17.3. The molecular formula is C23H15IO6. The Kier molecular flexibility index (Phi) is 5.21. The first-order valence-electron chi connectivity index (χ1n) is 8.95. The van der Waals surface area contributed by atoms with Gasteiger partial charge >= 0.3 is 11.9 Å². The van der Waals surface area contributed by atoms with Gasteiger partial charge in [0.2, 0.25) is 0 Å². The Bertz CT molecular complexity index is 1330. The van der Waals surface area contributed by atoms with Crippen molar-refractivity contribution in [2.75, 3.05) is 0 Å². The normalized spacial score (nSPS) is 11.0. The van der Waals surface area contributed by atoms with E-state index < -0.39 is 11.9 Å². The van der Waals surface area contributed by atoms with Crippen LogP contribution in [0.1, 0.15) is 31.8 Å². The molecule has 0 bridgehead atoms. The average Bonchev–Trinajstić information content (AvgIpc) is 2.75. The van der Waals surface area contributed by atoms with E-state index in [4.69, 9.17) is 3.07 Å². The van der Waals surface area contributed by atoms with Gasteiger partial charge in [0.25, 0.3) is 0 Å². The molecule has 150 valence electrons. The number of rotatable bonds is 4. The van der Waals surface area contributed by atoms with Crippen LogP contribution in [-0.2, 0) is 9.49 Å². The van der Waals surface area contributed by atoms with Crippen molar-refractivity contribution in [1.29, 1.82) is 0 Å². The number of carboxylic acid groups (broad SMARTS) is 1. The van der Waals surface area contributed by atoms with E-state index in [1.165, 1.54) is 29.1 Å². The maximum Gasteiger partial charge on any atom is 0.351 e. The number of carbonyl (C=O) groups is 2. The first-order valence-corrected chi connectivity index (χ1v) is 9.83. The first kappa shape index (κ1) is 20.0. The summed E-state index contributed by atoms with van der Waals surface area (Å²) in [5.74, 6) is -2.59. The topological polar surface area (TPSA) is 104 Å². The Hall–Kier alpha value is -3.33. The number of carboxylic acids is 1. The van der Waals surface area contributed by atoms with E-state index in [0.29, 0.717) is 32.7 Å². The number of aromatic hydroxyl groups is 2. The van der Waals surface area contributed by atoms with E-state index in [-0.39, 0.29) is 29.0 Å². The molecule has 0 saturated heterocycles. The van der Waals surface area contributed by atoms with E-state index in [9.17, 15) is 24.9 Å². The number of halogens is 1. The van der Waals surface area contributed by atoms with Gasteiger partial charge < -0.3 is 18.4 Å². The highest BCUT2D eigenvalue weighted by atomic mass is 127. The lowest BCUT2D eigenvalue weighted by atomic mass is 9.90. The van der Waals surface area contributed by atoms with Gasteiger partial charge in [0, 0.05) is 17.5 Å². The molecule has 0 aromatic heterocycles. The Morgan fingerprint density at radius 1 is 0.800 bits per heavy atom. The number of carbonyl (C=O) groups excluding carboxylic acids is 1. The van der Waals surface area contributed by atoms with Crippen LogP contribution in [0.15, 0.2) is 60.7 Å². The quantitative estimate of drug-likeness (QED) is 0.324. The Balaban J connectivity index is 2.03. The van der Waals surface area contributed by atoms with Crippen molar-refractivity contribution in [3.63, 3.8) is 0 Å². The van der Waals surface area contributed by atoms with Gasteiger partial charge in [0.1, 0.15) is 22.6 Å². The molecule has 0 aliphatic carbocycles. The molecule has 3 N–H and O–H groups in total. The monoisotopic (exact) mass is 514 g/mol. The molecule has 0 fully saturated rings. The summed E-state index contributed by atoms with van der Waals surface area (Å²) in [5.41, 5.74) is 0.519. The number of hydrogen-bond donors (Lipinski definition) is 3. The number of fused-ring (bicyclic) bond motifs is 2. The lowest BCUT2D eigenvalue weighted by Gasteiger charge is -2.16. The standard InChI is InChI=1S/C23H15IO6/c24-30-23(29)19-10-13-6-2-4-8-15(13)17(21(19)26)11-16-14-7-3-1-5-12(14)9-18(20(16)25)22(27)28/h1-10,25-26H,11H2,(H,27,28). The first-order chi connectivity index (χ1) is 14.4. The number of hydrogen-bond acceptors (Lipinski definition) is 5. The van der Waals surface area contributed by atoms with Crippen molar-refractivity contribution in [3.05, 3.63) is 82.9 Å². The van der Waals surface area contributed by atoms with Crippen LogP contribution in [0.5, 0.6) is 11.5 Å². The molecule has 4 aromatic rings. The van der Waals surface area contributed by atoms with Crippen LogP contribution in [-0.4, -0.2) is 27.3 Å². The summed E-state index contributed by atoms with van der Waals surface area (Å²) in [6.07, 6.45) is 0.0161. The minimum absolute atomic E-state index is 0.00344. The van der Waals surface area contributed by atoms with Crippen LogP contribution in [0.4, 0.5) is 0 Å². The van der Waals surface area contributed by atoms with Crippen LogP contribution in [0.2, 0.25) is 0 Å². The van der Waals surface area contributed by atoms with Gasteiger partial charge in [-0.15, -0.1) is 0 Å². The Morgan fingerprint density at radius 3 is 1.77 bits per heavy atom. The van der Waals surface area contributed by atoms with Gasteiger partial charge in [-0.1, -0.05) is 48.5 Å². The molecule has 4 aromatic carbocycles. The third kappa shape index (κ3) is 3.30. The third-order valence-corrected chi connectivity index (χ3v) is 5.53. The summed E-state index contributed by atoms with van der Waals surface area (Å²) in [5, 5.41) is 33.9. The van der Waals surface area contributed by atoms with Crippen LogP contribution >= 0.6 is 23.0 Å². The zero-order chi connectivity index (χ0) is 21.4. The fourth-order valence-corrected chi connectivity index (χ4v) is 3.96.